The normalized spacial score (nSPS) is 19.6. The van der Waals surface area contributed by atoms with Gasteiger partial charge >= 0.3 is 0 Å². The van der Waals surface area contributed by atoms with Gasteiger partial charge in [0.15, 0.2) is 5.16 Å². The highest BCUT2D eigenvalue weighted by Gasteiger charge is 2.23. The third-order valence-electron chi connectivity index (χ3n) is 5.29. The van der Waals surface area contributed by atoms with Crippen molar-refractivity contribution in [3.8, 4) is 0 Å². The summed E-state index contributed by atoms with van der Waals surface area (Å²) in [6.07, 6.45) is 4.15. The number of ether oxygens (including phenoxy) is 1. The average Bonchev–Trinajstić information content (AvgIpc) is 3.13. The van der Waals surface area contributed by atoms with Crippen molar-refractivity contribution in [3.63, 3.8) is 0 Å². The van der Waals surface area contributed by atoms with Crippen molar-refractivity contribution in [3.05, 3.63) is 29.3 Å². The first-order chi connectivity index (χ1) is 13.2. The summed E-state index contributed by atoms with van der Waals surface area (Å²) in [6.45, 7) is 8.37. The van der Waals surface area contributed by atoms with Crippen molar-refractivity contribution < 1.29 is 9.26 Å². The van der Waals surface area contributed by atoms with Gasteiger partial charge < -0.3 is 14.2 Å². The maximum Gasteiger partial charge on any atom is 0.189 e. The van der Waals surface area contributed by atoms with Crippen molar-refractivity contribution >= 4 is 17.6 Å². The first kappa shape index (κ1) is 18.7. The second kappa shape index (κ2) is 8.58. The van der Waals surface area contributed by atoms with Crippen molar-refractivity contribution in [1.29, 1.82) is 0 Å². The molecule has 2 aliphatic heterocycles. The smallest absolute Gasteiger partial charge is 0.189 e. The minimum absolute atomic E-state index is 0.489. The summed E-state index contributed by atoms with van der Waals surface area (Å²) >= 11 is 1.62. The van der Waals surface area contributed by atoms with E-state index in [9.17, 15) is 0 Å². The number of piperazine rings is 1. The van der Waals surface area contributed by atoms with Gasteiger partial charge in [0, 0.05) is 64.0 Å². The van der Waals surface area contributed by atoms with E-state index in [1.807, 2.05) is 19.2 Å². The molecule has 0 aliphatic carbocycles. The highest BCUT2D eigenvalue weighted by molar-refractivity contribution is 7.98. The zero-order valence-electron chi connectivity index (χ0n) is 16.1. The van der Waals surface area contributed by atoms with Crippen LogP contribution >= 0.6 is 11.8 Å². The molecule has 8 heteroatoms. The molecule has 27 heavy (non-hydrogen) atoms. The van der Waals surface area contributed by atoms with Gasteiger partial charge in [-0.15, -0.1) is 0 Å². The summed E-state index contributed by atoms with van der Waals surface area (Å²) in [4.78, 5) is 14.4. The molecule has 0 unspecified atom stereocenters. The predicted octanol–water partition coefficient (Wildman–Crippen LogP) is 2.71. The first-order valence-electron chi connectivity index (χ1n) is 9.61. The van der Waals surface area contributed by atoms with Crippen LogP contribution in [0.25, 0.3) is 0 Å². The lowest BCUT2D eigenvalue weighted by atomic mass is 9.96. The Morgan fingerprint density at radius 1 is 1.11 bits per heavy atom. The summed E-state index contributed by atoms with van der Waals surface area (Å²) in [5, 5.41) is 4.98. The third-order valence-corrected chi connectivity index (χ3v) is 5.84. The summed E-state index contributed by atoms with van der Waals surface area (Å²) in [5.41, 5.74) is 2.18. The van der Waals surface area contributed by atoms with E-state index in [0.29, 0.717) is 5.92 Å². The van der Waals surface area contributed by atoms with Crippen LogP contribution in [0.3, 0.4) is 0 Å². The number of rotatable bonds is 5. The molecule has 146 valence electrons. The van der Waals surface area contributed by atoms with Gasteiger partial charge in [0.25, 0.3) is 0 Å². The molecule has 0 bridgehead atoms. The Balaban J connectivity index is 1.42. The van der Waals surface area contributed by atoms with Crippen LogP contribution in [-0.2, 0) is 11.3 Å². The van der Waals surface area contributed by atoms with Gasteiger partial charge in [0.2, 0.25) is 0 Å². The molecule has 2 aromatic heterocycles. The van der Waals surface area contributed by atoms with Crippen molar-refractivity contribution in [2.75, 3.05) is 50.5 Å². The number of hydrogen-bond acceptors (Lipinski definition) is 8. The molecule has 4 rings (SSSR count). The largest absolute Gasteiger partial charge is 0.381 e. The summed E-state index contributed by atoms with van der Waals surface area (Å²) in [5.74, 6) is 2.42. The van der Waals surface area contributed by atoms with E-state index in [0.717, 1.165) is 81.2 Å². The van der Waals surface area contributed by atoms with Gasteiger partial charge in [0.05, 0.1) is 11.4 Å². The van der Waals surface area contributed by atoms with E-state index >= 15 is 0 Å². The molecule has 2 aromatic rings. The molecular formula is C19H27N5O2S. The molecule has 0 aromatic carbocycles. The average molecular weight is 390 g/mol. The van der Waals surface area contributed by atoms with E-state index in [2.05, 4.69) is 21.0 Å². The van der Waals surface area contributed by atoms with Crippen LogP contribution in [0.15, 0.2) is 21.8 Å². The highest BCUT2D eigenvalue weighted by atomic mass is 32.2. The lowest BCUT2D eigenvalue weighted by molar-refractivity contribution is 0.0843. The van der Waals surface area contributed by atoms with Gasteiger partial charge in [-0.1, -0.05) is 16.9 Å². The number of anilines is 1. The lowest BCUT2D eigenvalue weighted by Crippen LogP contribution is -2.46. The molecule has 2 fully saturated rings. The monoisotopic (exact) mass is 389 g/mol. The van der Waals surface area contributed by atoms with E-state index in [1.54, 1.807) is 11.8 Å². The lowest BCUT2D eigenvalue weighted by Gasteiger charge is -2.35. The van der Waals surface area contributed by atoms with E-state index in [-0.39, 0.29) is 0 Å². The molecule has 4 heterocycles. The quantitative estimate of drug-likeness (QED) is 0.571. The van der Waals surface area contributed by atoms with Crippen LogP contribution in [0.1, 0.15) is 35.9 Å². The molecule has 0 amide bonds. The fourth-order valence-corrected chi connectivity index (χ4v) is 4.12. The fourth-order valence-electron chi connectivity index (χ4n) is 3.74. The topological polar surface area (TPSA) is 67.5 Å². The van der Waals surface area contributed by atoms with E-state index < -0.39 is 0 Å². The zero-order valence-corrected chi connectivity index (χ0v) is 16.9. The fraction of sp³-hybridized carbons (Fsp3) is 0.632. The summed E-state index contributed by atoms with van der Waals surface area (Å²) < 4.78 is 10.7. The molecule has 0 atom stereocenters. The van der Waals surface area contributed by atoms with Crippen LogP contribution in [0.2, 0.25) is 0 Å². The number of aryl methyl sites for hydroxylation is 1. The predicted molar refractivity (Wildman–Crippen MR) is 105 cm³/mol. The van der Waals surface area contributed by atoms with Crippen LogP contribution in [0, 0.1) is 6.92 Å². The SMILES string of the molecule is CSc1nc(C2CCOCC2)cc(N2CCN(Cc3cc(C)on3)CC2)n1. The molecule has 0 spiro atoms. The Kier molecular flexibility index (Phi) is 5.95. The number of thioether (sulfide) groups is 1. The minimum atomic E-state index is 0.489. The minimum Gasteiger partial charge on any atom is -0.381 e. The van der Waals surface area contributed by atoms with Gasteiger partial charge in [-0.3, -0.25) is 4.90 Å². The van der Waals surface area contributed by atoms with E-state index in [4.69, 9.17) is 19.2 Å². The second-order valence-corrected chi connectivity index (χ2v) is 7.99. The van der Waals surface area contributed by atoms with Crippen LogP contribution in [-0.4, -0.2) is 65.7 Å². The molecule has 0 radical (unpaired) electrons. The third kappa shape index (κ3) is 4.62. The first-order valence-corrected chi connectivity index (χ1v) is 10.8. The Morgan fingerprint density at radius 2 is 1.89 bits per heavy atom. The summed E-state index contributed by atoms with van der Waals surface area (Å²) in [6, 6.07) is 4.22. The van der Waals surface area contributed by atoms with Gasteiger partial charge in [0.1, 0.15) is 11.6 Å². The van der Waals surface area contributed by atoms with Gasteiger partial charge in [-0.05, 0) is 26.0 Å². The Labute approximate surface area is 164 Å². The molecule has 2 aliphatic rings. The van der Waals surface area contributed by atoms with Crippen molar-refractivity contribution in [1.82, 2.24) is 20.0 Å². The Bertz CT molecular complexity index is 754. The molecule has 0 N–H and O–H groups in total. The van der Waals surface area contributed by atoms with Crippen molar-refractivity contribution in [2.24, 2.45) is 0 Å². The molecule has 0 saturated carbocycles. The van der Waals surface area contributed by atoms with Crippen molar-refractivity contribution in [2.45, 2.75) is 37.4 Å². The molecule has 2 saturated heterocycles. The van der Waals surface area contributed by atoms with E-state index in [1.165, 1.54) is 5.69 Å². The zero-order chi connectivity index (χ0) is 18.6. The maximum absolute atomic E-state index is 5.51. The standard InChI is InChI=1S/C19H27N5O2S/c1-14-11-16(22-26-14)13-23-5-7-24(8-6-23)18-12-17(20-19(21-18)27-2)15-3-9-25-10-4-15/h11-12,15H,3-10,13H2,1-2H3. The van der Waals surface area contributed by atoms with Gasteiger partial charge in [-0.25, -0.2) is 9.97 Å². The van der Waals surface area contributed by atoms with Crippen LogP contribution < -0.4 is 4.90 Å². The highest BCUT2D eigenvalue weighted by Crippen LogP contribution is 2.29. The Hall–Kier alpha value is -1.64. The second-order valence-electron chi connectivity index (χ2n) is 7.22. The van der Waals surface area contributed by atoms with Crippen LogP contribution in [0.5, 0.6) is 0 Å². The number of nitrogens with zero attached hydrogens (tertiary/aromatic N) is 5. The maximum atomic E-state index is 5.51. The van der Waals surface area contributed by atoms with Crippen LogP contribution in [0.4, 0.5) is 5.82 Å². The molecular weight excluding hydrogens is 362 g/mol. The molecule has 7 nitrogen and oxygen atoms in total. The van der Waals surface area contributed by atoms with Gasteiger partial charge in [-0.2, -0.15) is 0 Å². The number of aromatic nitrogens is 3. The summed E-state index contributed by atoms with van der Waals surface area (Å²) in [7, 11) is 0. The number of hydrogen-bond donors (Lipinski definition) is 0. The Morgan fingerprint density at radius 3 is 2.56 bits per heavy atom.